The summed E-state index contributed by atoms with van der Waals surface area (Å²) < 4.78 is 5.56. The Morgan fingerprint density at radius 2 is 1.74 bits per heavy atom. The van der Waals surface area contributed by atoms with Gasteiger partial charge in [0, 0.05) is 38.2 Å². The van der Waals surface area contributed by atoms with E-state index in [1.807, 2.05) is 42.5 Å². The van der Waals surface area contributed by atoms with E-state index < -0.39 is 11.8 Å². The highest BCUT2D eigenvalue weighted by molar-refractivity contribution is 5.84. The predicted molar refractivity (Wildman–Crippen MR) is 109 cm³/mol. The molecule has 1 fully saturated rings. The van der Waals surface area contributed by atoms with Crippen LogP contribution in [-0.2, 0) is 11.3 Å². The maximum Gasteiger partial charge on any atom is 0.413 e. The fourth-order valence-electron chi connectivity index (χ4n) is 3.31. The summed E-state index contributed by atoms with van der Waals surface area (Å²) in [5.41, 5.74) is 8.65. The van der Waals surface area contributed by atoms with Crippen LogP contribution in [0.1, 0.15) is 43.7 Å². The molecular weight excluding hydrogens is 338 g/mol. The number of nitrogens with zero attached hydrogens (tertiary/aromatic N) is 1. The molecule has 1 aliphatic rings. The molecule has 1 saturated heterocycles. The molecule has 0 unspecified atom stereocenters. The second-order valence-electron chi connectivity index (χ2n) is 7.62. The molecule has 5 nitrogen and oxygen atoms in total. The summed E-state index contributed by atoms with van der Waals surface area (Å²) in [6.45, 7) is 6.78. The highest BCUT2D eigenvalue weighted by Crippen LogP contribution is 2.23. The van der Waals surface area contributed by atoms with Crippen LogP contribution in [0.25, 0.3) is 0 Å². The fraction of sp³-hybridized carbons (Fsp3) is 0.409. The molecule has 27 heavy (non-hydrogen) atoms. The molecule has 0 spiro atoms. The summed E-state index contributed by atoms with van der Waals surface area (Å²) >= 11 is 0. The summed E-state index contributed by atoms with van der Waals surface area (Å²) in [7, 11) is 0. The number of amides is 1. The molecule has 0 atom stereocenters. The molecule has 0 aromatic heterocycles. The number of carbonyl (C=O) groups is 1. The molecule has 0 aliphatic carbocycles. The van der Waals surface area contributed by atoms with Gasteiger partial charge in [-0.3, -0.25) is 16.0 Å². The Morgan fingerprint density at radius 1 is 1.11 bits per heavy atom. The number of likely N-dealkylation sites (tertiary alicyclic amines) is 1. The lowest BCUT2D eigenvalue weighted by Crippen LogP contribution is -2.53. The van der Waals surface area contributed by atoms with Crippen molar-refractivity contribution in [3.05, 3.63) is 65.7 Å². The average Bonchev–Trinajstić information content (AvgIpc) is 2.65. The number of piperidine rings is 1. The van der Waals surface area contributed by atoms with Crippen LogP contribution < -0.4 is 11.1 Å². The van der Waals surface area contributed by atoms with Crippen LogP contribution in [0.2, 0.25) is 0 Å². The Bertz CT molecular complexity index is 736. The number of nitrogens with two attached hydrogens (primary N) is 1. The molecule has 144 valence electrons. The van der Waals surface area contributed by atoms with Gasteiger partial charge in [-0.2, -0.15) is 0 Å². The molecule has 2 aromatic carbocycles. The molecule has 1 amide bonds. The van der Waals surface area contributed by atoms with Crippen LogP contribution in [0.4, 0.5) is 10.5 Å². The number of hydrogen-bond acceptors (Lipinski definition) is 4. The normalized spacial score (nSPS) is 16.9. The van der Waals surface area contributed by atoms with E-state index in [9.17, 15) is 4.79 Å². The fourth-order valence-corrected chi connectivity index (χ4v) is 3.31. The highest BCUT2D eigenvalue weighted by Gasteiger charge is 2.34. The SMILES string of the molecule is CC(C)c1ccc(NC(=O)OC2(N)CCN(Cc3ccccc3)CC2)cc1. The van der Waals surface area contributed by atoms with Crippen LogP contribution in [0.5, 0.6) is 0 Å². The summed E-state index contributed by atoms with van der Waals surface area (Å²) in [5.74, 6) is 0.458. The van der Waals surface area contributed by atoms with Crippen LogP contribution in [-0.4, -0.2) is 29.8 Å². The monoisotopic (exact) mass is 367 g/mol. The summed E-state index contributed by atoms with van der Waals surface area (Å²) in [6.07, 6.45) is 0.755. The molecule has 1 aliphatic heterocycles. The zero-order valence-corrected chi connectivity index (χ0v) is 16.2. The standard InChI is InChI=1S/C22H29N3O2/c1-17(2)19-8-10-20(11-9-19)24-21(26)27-22(23)12-14-25(15-13-22)16-18-6-4-3-5-7-18/h3-11,17H,12-16,23H2,1-2H3,(H,24,26). The lowest BCUT2D eigenvalue weighted by atomic mass is 10.0. The molecule has 0 saturated carbocycles. The van der Waals surface area contributed by atoms with Crippen LogP contribution in [0.15, 0.2) is 54.6 Å². The third-order valence-corrected chi connectivity index (χ3v) is 5.07. The second kappa shape index (κ2) is 8.55. The molecular formula is C22H29N3O2. The predicted octanol–water partition coefficient (Wildman–Crippen LogP) is 4.31. The van der Waals surface area contributed by atoms with Gasteiger partial charge < -0.3 is 4.74 Å². The number of hydrogen-bond donors (Lipinski definition) is 2. The topological polar surface area (TPSA) is 67.6 Å². The van der Waals surface area contributed by atoms with Gasteiger partial charge in [0.25, 0.3) is 0 Å². The first-order valence-electron chi connectivity index (χ1n) is 9.59. The Balaban J connectivity index is 1.48. The molecule has 0 bridgehead atoms. The lowest BCUT2D eigenvalue weighted by molar-refractivity contribution is -0.0269. The highest BCUT2D eigenvalue weighted by atomic mass is 16.6. The van der Waals surface area contributed by atoms with Gasteiger partial charge in [-0.25, -0.2) is 4.79 Å². The lowest BCUT2D eigenvalue weighted by Gasteiger charge is -2.38. The molecule has 3 N–H and O–H groups in total. The van der Waals surface area contributed by atoms with Gasteiger partial charge >= 0.3 is 6.09 Å². The summed E-state index contributed by atoms with van der Waals surface area (Å²) in [4.78, 5) is 14.6. The van der Waals surface area contributed by atoms with Gasteiger partial charge in [-0.05, 0) is 29.2 Å². The van der Waals surface area contributed by atoms with Gasteiger partial charge in [-0.15, -0.1) is 0 Å². The van der Waals surface area contributed by atoms with Crippen molar-refractivity contribution in [2.75, 3.05) is 18.4 Å². The van der Waals surface area contributed by atoms with E-state index in [-0.39, 0.29) is 0 Å². The van der Waals surface area contributed by atoms with E-state index in [0.29, 0.717) is 18.8 Å². The van der Waals surface area contributed by atoms with Crippen molar-refractivity contribution in [3.8, 4) is 0 Å². The number of carbonyl (C=O) groups excluding carboxylic acids is 1. The molecule has 1 heterocycles. The van der Waals surface area contributed by atoms with Crippen LogP contribution >= 0.6 is 0 Å². The van der Waals surface area contributed by atoms with Gasteiger partial charge in [-0.1, -0.05) is 56.3 Å². The Labute approximate surface area is 161 Å². The van der Waals surface area contributed by atoms with Crippen LogP contribution in [0, 0.1) is 0 Å². The minimum absolute atomic E-state index is 0.458. The largest absolute Gasteiger partial charge is 0.428 e. The van der Waals surface area contributed by atoms with Crippen molar-refractivity contribution in [3.63, 3.8) is 0 Å². The van der Waals surface area contributed by atoms with Gasteiger partial charge in [0.2, 0.25) is 0 Å². The van der Waals surface area contributed by atoms with Crippen molar-refractivity contribution in [2.24, 2.45) is 5.73 Å². The van der Waals surface area contributed by atoms with E-state index >= 15 is 0 Å². The summed E-state index contributed by atoms with van der Waals surface area (Å²) in [5, 5.41) is 2.78. The van der Waals surface area contributed by atoms with Crippen molar-refractivity contribution in [1.29, 1.82) is 0 Å². The first-order chi connectivity index (χ1) is 12.9. The van der Waals surface area contributed by atoms with Crippen molar-refractivity contribution >= 4 is 11.8 Å². The first-order valence-corrected chi connectivity index (χ1v) is 9.59. The van der Waals surface area contributed by atoms with Gasteiger partial charge in [0.15, 0.2) is 5.72 Å². The third kappa shape index (κ3) is 5.55. The molecule has 0 radical (unpaired) electrons. The zero-order chi connectivity index (χ0) is 19.3. The second-order valence-corrected chi connectivity index (χ2v) is 7.62. The minimum atomic E-state index is -0.908. The van der Waals surface area contributed by atoms with Crippen LogP contribution in [0.3, 0.4) is 0 Å². The van der Waals surface area contributed by atoms with Gasteiger partial charge in [0.05, 0.1) is 0 Å². The van der Waals surface area contributed by atoms with Crippen molar-refractivity contribution in [1.82, 2.24) is 4.90 Å². The Kier molecular flexibility index (Phi) is 6.14. The van der Waals surface area contributed by atoms with Crippen molar-refractivity contribution < 1.29 is 9.53 Å². The zero-order valence-electron chi connectivity index (χ0n) is 16.2. The molecule has 5 heteroatoms. The first kappa shape index (κ1) is 19.4. The van der Waals surface area contributed by atoms with E-state index in [0.717, 1.165) is 25.3 Å². The average molecular weight is 367 g/mol. The quantitative estimate of drug-likeness (QED) is 0.773. The van der Waals surface area contributed by atoms with E-state index in [1.165, 1.54) is 11.1 Å². The molecule has 2 aromatic rings. The van der Waals surface area contributed by atoms with Crippen molar-refractivity contribution in [2.45, 2.75) is 44.9 Å². The molecule has 3 rings (SSSR count). The van der Waals surface area contributed by atoms with E-state index in [2.05, 4.69) is 36.2 Å². The summed E-state index contributed by atoms with van der Waals surface area (Å²) in [6, 6.07) is 18.2. The van der Waals surface area contributed by atoms with E-state index in [4.69, 9.17) is 10.5 Å². The maximum atomic E-state index is 12.3. The van der Waals surface area contributed by atoms with E-state index in [1.54, 1.807) is 0 Å². The van der Waals surface area contributed by atoms with Gasteiger partial charge in [0.1, 0.15) is 0 Å². The number of nitrogens with one attached hydrogen (secondary N) is 1. The minimum Gasteiger partial charge on any atom is -0.428 e. The third-order valence-electron chi connectivity index (χ3n) is 5.07. The number of benzene rings is 2. The smallest absolute Gasteiger partial charge is 0.413 e. The number of ether oxygens (including phenoxy) is 1. The number of rotatable bonds is 5. The maximum absolute atomic E-state index is 12.3. The Morgan fingerprint density at radius 3 is 2.33 bits per heavy atom. The Hall–Kier alpha value is -2.37. The number of anilines is 1.